The van der Waals surface area contributed by atoms with Crippen molar-refractivity contribution in [2.75, 3.05) is 11.1 Å². The SMILES string of the molecule is Cc1ccc(S(=O)(=O)N[C@H](Cc2ccccc2)C(=O)Nc2cccc([C@H]3O[C@@H](CSc4nccn4C)C[C@@H](c4ccc(CO)cc4)O3)c2)cc1. The van der Waals surface area contributed by atoms with E-state index in [-0.39, 0.29) is 30.1 Å². The normalized spacial score (nSPS) is 18.4. The van der Waals surface area contributed by atoms with Gasteiger partial charge in [0.1, 0.15) is 6.04 Å². The minimum atomic E-state index is -4.00. The fourth-order valence-electron chi connectivity index (χ4n) is 5.68. The van der Waals surface area contributed by atoms with Crippen LogP contribution in [0.3, 0.4) is 0 Å². The summed E-state index contributed by atoms with van der Waals surface area (Å²) in [6.45, 7) is 1.84. The van der Waals surface area contributed by atoms with Crippen molar-refractivity contribution in [2.45, 2.75) is 61.0 Å². The van der Waals surface area contributed by atoms with E-state index < -0.39 is 28.3 Å². The molecule has 4 atom stereocenters. The van der Waals surface area contributed by atoms with E-state index in [2.05, 4.69) is 15.0 Å². The lowest BCUT2D eigenvalue weighted by molar-refractivity contribution is -0.245. The Balaban J connectivity index is 1.22. The van der Waals surface area contributed by atoms with E-state index in [0.29, 0.717) is 23.4 Å². The first-order valence-electron chi connectivity index (χ1n) is 16.3. The standard InChI is InChI=1S/C38H40N4O6S2/c1-26-11-17-33(18-12-26)50(45,46)41-34(21-27-7-4-3-5-8-27)36(44)40-31-10-6-9-30(22-31)37-47-32(25-49-38-39-19-20-42(38)2)23-35(48-37)29-15-13-28(24-43)14-16-29/h3-20,22,32,34-35,37,41,43H,21,23-25H2,1-2H3,(H,40,44)/t32-,34-,35+,37+/m1/s1. The molecule has 5 aromatic rings. The molecule has 0 radical (unpaired) electrons. The van der Waals surface area contributed by atoms with Gasteiger partial charge in [-0.15, -0.1) is 0 Å². The Labute approximate surface area is 296 Å². The average Bonchev–Trinajstić information content (AvgIpc) is 3.55. The fraction of sp³-hybridized carbons (Fsp3) is 0.263. The molecule has 50 heavy (non-hydrogen) atoms. The Hall–Kier alpha value is -4.30. The number of imidazole rings is 1. The molecule has 0 spiro atoms. The Morgan fingerprint density at radius 2 is 1.72 bits per heavy atom. The molecule has 0 saturated carbocycles. The molecule has 6 rings (SSSR count). The zero-order valence-electron chi connectivity index (χ0n) is 27.8. The molecule has 1 aliphatic rings. The van der Waals surface area contributed by atoms with Crippen molar-refractivity contribution in [1.29, 1.82) is 0 Å². The molecule has 12 heteroatoms. The highest BCUT2D eigenvalue weighted by atomic mass is 32.2. The van der Waals surface area contributed by atoms with Gasteiger partial charge in [-0.3, -0.25) is 4.79 Å². The number of thioether (sulfide) groups is 1. The van der Waals surface area contributed by atoms with Crippen LogP contribution in [-0.2, 0) is 44.4 Å². The zero-order chi connectivity index (χ0) is 35.1. The molecule has 0 unspecified atom stereocenters. The molecule has 1 aliphatic heterocycles. The van der Waals surface area contributed by atoms with Gasteiger partial charge < -0.3 is 24.5 Å². The number of ether oxygens (including phenoxy) is 2. The van der Waals surface area contributed by atoms with Crippen LogP contribution >= 0.6 is 11.8 Å². The number of rotatable bonds is 13. The first kappa shape index (κ1) is 35.5. The highest BCUT2D eigenvalue weighted by Gasteiger charge is 2.33. The van der Waals surface area contributed by atoms with E-state index in [9.17, 15) is 18.3 Å². The van der Waals surface area contributed by atoms with Crippen LogP contribution in [0.1, 0.15) is 46.6 Å². The maximum Gasteiger partial charge on any atom is 0.242 e. The predicted molar refractivity (Wildman–Crippen MR) is 193 cm³/mol. The van der Waals surface area contributed by atoms with Crippen molar-refractivity contribution in [3.63, 3.8) is 0 Å². The average molecular weight is 713 g/mol. The van der Waals surface area contributed by atoms with E-state index in [1.807, 2.05) is 85.4 Å². The number of carbonyl (C=O) groups is 1. The summed E-state index contributed by atoms with van der Waals surface area (Å²) in [7, 11) is -2.05. The number of hydrogen-bond donors (Lipinski definition) is 3. The van der Waals surface area contributed by atoms with Crippen LogP contribution < -0.4 is 10.0 Å². The van der Waals surface area contributed by atoms with Crippen LogP contribution in [0.5, 0.6) is 0 Å². The van der Waals surface area contributed by atoms with Crippen LogP contribution in [0.2, 0.25) is 0 Å². The Kier molecular flexibility index (Phi) is 11.5. The number of nitrogens with one attached hydrogen (secondary N) is 2. The third kappa shape index (κ3) is 9.08. The molecule has 3 N–H and O–H groups in total. The summed E-state index contributed by atoms with van der Waals surface area (Å²) >= 11 is 1.60. The summed E-state index contributed by atoms with van der Waals surface area (Å²) in [4.78, 5) is 18.3. The number of aromatic nitrogens is 2. The number of anilines is 1. The topological polar surface area (TPSA) is 132 Å². The molecule has 4 aromatic carbocycles. The summed E-state index contributed by atoms with van der Waals surface area (Å²) in [5.74, 6) is 0.146. The van der Waals surface area contributed by atoms with Gasteiger partial charge in [0.15, 0.2) is 11.4 Å². The minimum Gasteiger partial charge on any atom is -0.392 e. The number of sulfonamides is 1. The Morgan fingerprint density at radius 3 is 2.42 bits per heavy atom. The van der Waals surface area contributed by atoms with Gasteiger partial charge in [0, 0.05) is 42.9 Å². The van der Waals surface area contributed by atoms with Crippen LogP contribution in [0.15, 0.2) is 126 Å². The van der Waals surface area contributed by atoms with Crippen molar-refractivity contribution in [3.05, 3.63) is 143 Å². The van der Waals surface area contributed by atoms with Crippen molar-refractivity contribution in [3.8, 4) is 0 Å². The third-order valence-corrected chi connectivity index (χ3v) is 11.1. The first-order valence-corrected chi connectivity index (χ1v) is 18.8. The summed E-state index contributed by atoms with van der Waals surface area (Å²) in [6, 6.07) is 29.6. The quantitative estimate of drug-likeness (QED) is 0.125. The van der Waals surface area contributed by atoms with E-state index >= 15 is 0 Å². The van der Waals surface area contributed by atoms with E-state index in [1.54, 1.807) is 48.3 Å². The third-order valence-electron chi connectivity index (χ3n) is 8.44. The van der Waals surface area contributed by atoms with Gasteiger partial charge >= 0.3 is 0 Å². The summed E-state index contributed by atoms with van der Waals surface area (Å²) in [5, 5.41) is 13.4. The maximum absolute atomic E-state index is 13.8. The number of aliphatic hydroxyl groups is 1. The summed E-state index contributed by atoms with van der Waals surface area (Å²) < 4.78 is 44.4. The second kappa shape index (κ2) is 16.2. The highest BCUT2D eigenvalue weighted by molar-refractivity contribution is 7.99. The molecule has 0 bridgehead atoms. The van der Waals surface area contributed by atoms with Crippen LogP contribution in [-0.4, -0.2) is 46.9 Å². The molecule has 1 aromatic heterocycles. The first-order chi connectivity index (χ1) is 24.2. The van der Waals surface area contributed by atoms with Gasteiger partial charge in [-0.05, 0) is 54.3 Å². The van der Waals surface area contributed by atoms with Gasteiger partial charge in [0.2, 0.25) is 15.9 Å². The highest BCUT2D eigenvalue weighted by Crippen LogP contribution is 2.39. The lowest BCUT2D eigenvalue weighted by Gasteiger charge is -2.36. The molecule has 1 amide bonds. The summed E-state index contributed by atoms with van der Waals surface area (Å²) in [5.41, 5.74) is 4.69. The number of benzene rings is 4. The van der Waals surface area contributed by atoms with Crippen LogP contribution in [0.4, 0.5) is 5.69 Å². The molecule has 10 nitrogen and oxygen atoms in total. The second-order valence-electron chi connectivity index (χ2n) is 12.3. The molecule has 1 fully saturated rings. The molecule has 260 valence electrons. The molecular weight excluding hydrogens is 673 g/mol. The number of hydrogen-bond acceptors (Lipinski definition) is 8. The van der Waals surface area contributed by atoms with Crippen molar-refractivity contribution < 1.29 is 27.8 Å². The van der Waals surface area contributed by atoms with E-state index in [4.69, 9.17) is 9.47 Å². The van der Waals surface area contributed by atoms with Crippen LogP contribution in [0, 0.1) is 6.92 Å². The maximum atomic E-state index is 13.8. The van der Waals surface area contributed by atoms with Gasteiger partial charge in [0.05, 0.1) is 23.7 Å². The number of nitrogens with zero attached hydrogens (tertiary/aromatic N) is 2. The monoisotopic (exact) mass is 712 g/mol. The fourth-order valence-corrected chi connectivity index (χ4v) is 7.83. The Bertz CT molecular complexity index is 1990. The lowest BCUT2D eigenvalue weighted by atomic mass is 10.0. The Morgan fingerprint density at radius 1 is 0.960 bits per heavy atom. The van der Waals surface area contributed by atoms with Crippen molar-refractivity contribution in [2.24, 2.45) is 7.05 Å². The largest absolute Gasteiger partial charge is 0.392 e. The van der Waals surface area contributed by atoms with Gasteiger partial charge in [-0.25, -0.2) is 13.4 Å². The van der Waals surface area contributed by atoms with Gasteiger partial charge in [0.25, 0.3) is 0 Å². The van der Waals surface area contributed by atoms with Crippen molar-refractivity contribution >= 4 is 33.4 Å². The van der Waals surface area contributed by atoms with Crippen LogP contribution in [0.25, 0.3) is 0 Å². The predicted octanol–water partition coefficient (Wildman–Crippen LogP) is 6.09. The zero-order valence-corrected chi connectivity index (χ0v) is 29.4. The number of aliphatic hydroxyl groups excluding tert-OH is 1. The number of aryl methyl sites for hydroxylation is 2. The summed E-state index contributed by atoms with van der Waals surface area (Å²) in [6.07, 6.45) is 3.23. The van der Waals surface area contributed by atoms with E-state index in [0.717, 1.165) is 27.4 Å². The molecule has 0 aliphatic carbocycles. The lowest BCUT2D eigenvalue weighted by Crippen LogP contribution is -2.45. The van der Waals surface area contributed by atoms with Gasteiger partial charge in [-0.2, -0.15) is 4.72 Å². The molecular formula is C38H40N4O6S2. The van der Waals surface area contributed by atoms with Crippen molar-refractivity contribution in [1.82, 2.24) is 14.3 Å². The number of amides is 1. The second-order valence-corrected chi connectivity index (χ2v) is 15.0. The minimum absolute atomic E-state index is 0.0431. The van der Waals surface area contributed by atoms with E-state index in [1.165, 1.54) is 12.1 Å². The smallest absolute Gasteiger partial charge is 0.242 e. The van der Waals surface area contributed by atoms with Gasteiger partial charge in [-0.1, -0.05) is 96.2 Å². The molecule has 2 heterocycles. The molecule has 1 saturated heterocycles. The number of carbonyl (C=O) groups excluding carboxylic acids is 1.